The molecule has 1 aliphatic heterocycles. The van der Waals surface area contributed by atoms with Crippen LogP contribution >= 0.6 is 11.8 Å². The molecule has 0 aliphatic carbocycles. The molecule has 5 heteroatoms. The fourth-order valence-corrected chi connectivity index (χ4v) is 3.28. The summed E-state index contributed by atoms with van der Waals surface area (Å²) in [5, 5.41) is 4.44. The van der Waals surface area contributed by atoms with Gasteiger partial charge in [-0.15, -0.1) is 0 Å². The molecular formula is C13H15N3OS. The second-order valence-electron chi connectivity index (χ2n) is 4.38. The number of aromatic nitrogens is 2. The van der Waals surface area contributed by atoms with E-state index in [-0.39, 0.29) is 6.04 Å². The van der Waals surface area contributed by atoms with Crippen molar-refractivity contribution < 1.29 is 4.52 Å². The Labute approximate surface area is 110 Å². The van der Waals surface area contributed by atoms with Crippen LogP contribution in [0.15, 0.2) is 34.9 Å². The van der Waals surface area contributed by atoms with Crippen molar-refractivity contribution in [1.82, 2.24) is 10.1 Å². The molecule has 2 heterocycles. The number of thioether (sulfide) groups is 1. The van der Waals surface area contributed by atoms with Crippen LogP contribution in [0.4, 0.5) is 0 Å². The lowest BCUT2D eigenvalue weighted by Crippen LogP contribution is -2.12. The predicted octanol–water partition coefficient (Wildman–Crippen LogP) is 2.69. The Balaban J connectivity index is 1.80. The van der Waals surface area contributed by atoms with Crippen molar-refractivity contribution in [2.75, 3.05) is 5.75 Å². The number of hydrogen-bond donors (Lipinski definition) is 1. The summed E-state index contributed by atoms with van der Waals surface area (Å²) in [6.45, 7) is 0. The summed E-state index contributed by atoms with van der Waals surface area (Å²) in [4.78, 5) is 4.44. The first-order chi connectivity index (χ1) is 8.84. The highest BCUT2D eigenvalue weighted by Gasteiger charge is 2.24. The number of rotatable bonds is 3. The molecule has 0 radical (unpaired) electrons. The van der Waals surface area contributed by atoms with Gasteiger partial charge in [0.25, 0.3) is 0 Å². The monoisotopic (exact) mass is 261 g/mol. The molecule has 3 rings (SSSR count). The van der Waals surface area contributed by atoms with Crippen molar-refractivity contribution in [2.24, 2.45) is 5.73 Å². The first kappa shape index (κ1) is 11.7. The van der Waals surface area contributed by atoms with Gasteiger partial charge in [0.1, 0.15) is 6.04 Å². The van der Waals surface area contributed by atoms with Crippen LogP contribution in [0.5, 0.6) is 0 Å². The largest absolute Gasteiger partial charge is 0.337 e. The molecule has 0 bridgehead atoms. The van der Waals surface area contributed by atoms with E-state index in [0.29, 0.717) is 11.1 Å². The smallest absolute Gasteiger partial charge is 0.248 e. The van der Waals surface area contributed by atoms with Gasteiger partial charge >= 0.3 is 0 Å². The van der Waals surface area contributed by atoms with Crippen LogP contribution in [0, 0.1) is 0 Å². The van der Waals surface area contributed by atoms with Gasteiger partial charge in [0.2, 0.25) is 5.89 Å². The minimum Gasteiger partial charge on any atom is -0.337 e. The summed E-state index contributed by atoms with van der Waals surface area (Å²) in [7, 11) is 0. The maximum absolute atomic E-state index is 6.13. The molecule has 0 amide bonds. The first-order valence-electron chi connectivity index (χ1n) is 6.10. The Kier molecular flexibility index (Phi) is 3.34. The molecule has 18 heavy (non-hydrogen) atoms. The maximum atomic E-state index is 6.13. The molecule has 1 saturated heterocycles. The van der Waals surface area contributed by atoms with Crippen molar-refractivity contribution in [3.8, 4) is 0 Å². The highest BCUT2D eigenvalue weighted by atomic mass is 32.2. The lowest BCUT2D eigenvalue weighted by molar-refractivity contribution is 0.362. The standard InChI is InChI=1S/C13H15N3OS/c14-11(9-5-2-1-3-6-9)13-15-12(16-17-13)10-7-4-8-18-10/h1-3,5-6,10-11H,4,7-8,14H2. The van der Waals surface area contributed by atoms with Gasteiger partial charge in [-0.3, -0.25) is 0 Å². The van der Waals surface area contributed by atoms with Crippen LogP contribution in [0.1, 0.15) is 41.4 Å². The maximum Gasteiger partial charge on any atom is 0.248 e. The second-order valence-corrected chi connectivity index (χ2v) is 5.69. The Hall–Kier alpha value is -1.33. The van der Waals surface area contributed by atoms with E-state index in [9.17, 15) is 0 Å². The summed E-state index contributed by atoms with van der Waals surface area (Å²) in [5.74, 6) is 2.47. The molecular weight excluding hydrogens is 246 g/mol. The van der Waals surface area contributed by atoms with Crippen LogP contribution in [0.25, 0.3) is 0 Å². The molecule has 94 valence electrons. The van der Waals surface area contributed by atoms with Gasteiger partial charge in [-0.25, -0.2) is 0 Å². The summed E-state index contributed by atoms with van der Waals surface area (Å²) < 4.78 is 5.29. The van der Waals surface area contributed by atoms with Gasteiger partial charge < -0.3 is 10.3 Å². The molecule has 2 N–H and O–H groups in total. The zero-order chi connectivity index (χ0) is 12.4. The molecule has 2 aromatic rings. The lowest BCUT2D eigenvalue weighted by atomic mass is 10.1. The van der Waals surface area contributed by atoms with E-state index >= 15 is 0 Å². The summed E-state index contributed by atoms with van der Waals surface area (Å²) in [5.41, 5.74) is 7.12. The van der Waals surface area contributed by atoms with Crippen LogP contribution in [-0.2, 0) is 0 Å². The van der Waals surface area contributed by atoms with Crippen LogP contribution in [-0.4, -0.2) is 15.9 Å². The topological polar surface area (TPSA) is 64.9 Å². The fourth-order valence-electron chi connectivity index (χ4n) is 2.09. The zero-order valence-electron chi connectivity index (χ0n) is 9.95. The highest BCUT2D eigenvalue weighted by molar-refractivity contribution is 7.99. The molecule has 2 unspecified atom stereocenters. The first-order valence-corrected chi connectivity index (χ1v) is 7.15. The number of benzene rings is 1. The molecule has 0 saturated carbocycles. The zero-order valence-corrected chi connectivity index (χ0v) is 10.8. The molecule has 2 atom stereocenters. The van der Waals surface area contributed by atoms with Crippen molar-refractivity contribution in [3.63, 3.8) is 0 Å². The third-order valence-corrected chi connectivity index (χ3v) is 4.47. The quantitative estimate of drug-likeness (QED) is 0.920. The Morgan fingerprint density at radius 1 is 1.33 bits per heavy atom. The molecule has 1 aromatic heterocycles. The van der Waals surface area contributed by atoms with E-state index in [0.717, 1.165) is 17.8 Å². The van der Waals surface area contributed by atoms with E-state index in [1.165, 1.54) is 12.2 Å². The van der Waals surface area contributed by atoms with Crippen molar-refractivity contribution >= 4 is 11.8 Å². The lowest BCUT2D eigenvalue weighted by Gasteiger charge is -2.06. The third-order valence-electron chi connectivity index (χ3n) is 3.10. The Morgan fingerprint density at radius 3 is 2.89 bits per heavy atom. The van der Waals surface area contributed by atoms with Crippen molar-refractivity contribution in [3.05, 3.63) is 47.6 Å². The van der Waals surface area contributed by atoms with E-state index in [2.05, 4.69) is 10.1 Å². The number of hydrogen-bond acceptors (Lipinski definition) is 5. The van der Waals surface area contributed by atoms with Crippen molar-refractivity contribution in [1.29, 1.82) is 0 Å². The van der Waals surface area contributed by atoms with Gasteiger partial charge in [-0.05, 0) is 24.2 Å². The van der Waals surface area contributed by atoms with Gasteiger partial charge in [0.15, 0.2) is 5.82 Å². The third kappa shape index (κ3) is 2.28. The van der Waals surface area contributed by atoms with E-state index in [1.54, 1.807) is 0 Å². The SMILES string of the molecule is NC(c1ccccc1)c1nc(C2CCCS2)no1. The van der Waals surface area contributed by atoms with E-state index < -0.39 is 0 Å². The molecule has 1 aliphatic rings. The minimum absolute atomic E-state index is 0.334. The average Bonchev–Trinajstić information content (AvgIpc) is 3.09. The van der Waals surface area contributed by atoms with Crippen LogP contribution in [0.2, 0.25) is 0 Å². The average molecular weight is 261 g/mol. The summed E-state index contributed by atoms with van der Waals surface area (Å²) >= 11 is 1.89. The normalized spacial score (nSPS) is 21.1. The van der Waals surface area contributed by atoms with E-state index in [4.69, 9.17) is 10.3 Å². The Bertz CT molecular complexity index is 508. The molecule has 4 nitrogen and oxygen atoms in total. The molecule has 0 spiro atoms. The van der Waals surface area contributed by atoms with Gasteiger partial charge in [-0.1, -0.05) is 35.5 Å². The minimum atomic E-state index is -0.334. The van der Waals surface area contributed by atoms with Crippen molar-refractivity contribution in [2.45, 2.75) is 24.1 Å². The summed E-state index contributed by atoms with van der Waals surface area (Å²) in [6, 6.07) is 9.49. The predicted molar refractivity (Wildman–Crippen MR) is 71.2 cm³/mol. The highest BCUT2D eigenvalue weighted by Crippen LogP contribution is 2.38. The number of nitrogens with two attached hydrogens (primary N) is 1. The number of nitrogens with zero attached hydrogens (tertiary/aromatic N) is 2. The van der Waals surface area contributed by atoms with Crippen LogP contribution < -0.4 is 5.73 Å². The van der Waals surface area contributed by atoms with Crippen LogP contribution in [0.3, 0.4) is 0 Å². The molecule has 1 aromatic carbocycles. The van der Waals surface area contributed by atoms with Gasteiger partial charge in [-0.2, -0.15) is 16.7 Å². The van der Waals surface area contributed by atoms with E-state index in [1.807, 2.05) is 42.1 Å². The van der Waals surface area contributed by atoms with Gasteiger partial charge in [0.05, 0.1) is 5.25 Å². The molecule has 1 fully saturated rings. The second kappa shape index (κ2) is 5.12. The Morgan fingerprint density at radius 2 is 2.17 bits per heavy atom. The fraction of sp³-hybridized carbons (Fsp3) is 0.385. The summed E-state index contributed by atoms with van der Waals surface area (Å²) in [6.07, 6.45) is 2.36. The van der Waals surface area contributed by atoms with Gasteiger partial charge in [0, 0.05) is 0 Å².